The third kappa shape index (κ3) is 10.3. The minimum absolute atomic E-state index is 0.00947. The normalized spacial score (nSPS) is 33.9. The van der Waals surface area contributed by atoms with Crippen molar-refractivity contribution >= 4 is 17.7 Å². The first kappa shape index (κ1) is 35.1. The molecule has 0 unspecified atom stereocenters. The van der Waals surface area contributed by atoms with Crippen LogP contribution in [0.4, 0.5) is 0 Å². The van der Waals surface area contributed by atoms with Crippen molar-refractivity contribution in [3.8, 4) is 0 Å². The van der Waals surface area contributed by atoms with Crippen molar-refractivity contribution in [3.63, 3.8) is 0 Å². The molecule has 2 aliphatic rings. The number of nitrogens with one attached hydrogen (secondary N) is 2. The minimum atomic E-state index is -1.83. The maximum absolute atomic E-state index is 12.3. The van der Waals surface area contributed by atoms with E-state index in [-0.39, 0.29) is 45.9 Å². The Hall–Kier alpha value is -2.11. The smallest absolute Gasteiger partial charge is 0.234 e. The van der Waals surface area contributed by atoms with Gasteiger partial charge in [0.05, 0.1) is 46.1 Å². The predicted molar refractivity (Wildman–Crippen MR) is 131 cm³/mol. The molecular formula is C22H40N4O15. The van der Waals surface area contributed by atoms with Crippen molar-refractivity contribution in [1.82, 2.24) is 15.5 Å². The largest absolute Gasteiger partial charge is 0.395 e. The zero-order valence-electron chi connectivity index (χ0n) is 22.1. The molecule has 0 spiro atoms. The van der Waals surface area contributed by atoms with Gasteiger partial charge in [-0.2, -0.15) is 0 Å². The highest BCUT2D eigenvalue weighted by Gasteiger charge is 2.50. The van der Waals surface area contributed by atoms with Gasteiger partial charge >= 0.3 is 0 Å². The second-order valence-corrected chi connectivity index (χ2v) is 9.41. The Morgan fingerprint density at radius 1 is 0.732 bits per heavy atom. The molecule has 238 valence electrons. The Kier molecular flexibility index (Phi) is 14.6. The van der Waals surface area contributed by atoms with Crippen LogP contribution in [-0.4, -0.2) is 184 Å². The molecule has 2 aliphatic heterocycles. The van der Waals surface area contributed by atoms with Gasteiger partial charge in [-0.25, -0.2) is 0 Å². The monoisotopic (exact) mass is 600 g/mol. The Morgan fingerprint density at radius 3 is 1.85 bits per heavy atom. The van der Waals surface area contributed by atoms with Crippen LogP contribution in [0.15, 0.2) is 0 Å². The first-order valence-corrected chi connectivity index (χ1v) is 12.8. The predicted octanol–water partition coefficient (Wildman–Crippen LogP) is -8.36. The number of aliphatic hydroxyl groups is 8. The Balaban J connectivity index is 1.91. The van der Waals surface area contributed by atoms with Crippen molar-refractivity contribution in [2.45, 2.75) is 61.4 Å². The van der Waals surface area contributed by atoms with Crippen LogP contribution < -0.4 is 16.4 Å². The second-order valence-electron chi connectivity index (χ2n) is 9.41. The van der Waals surface area contributed by atoms with Crippen molar-refractivity contribution in [2.75, 3.05) is 59.2 Å². The highest BCUT2D eigenvalue weighted by molar-refractivity contribution is 5.83. The van der Waals surface area contributed by atoms with E-state index in [9.17, 15) is 50.1 Å². The number of hydrogen-bond acceptors (Lipinski definition) is 16. The second kappa shape index (κ2) is 17.1. The van der Waals surface area contributed by atoms with Gasteiger partial charge in [-0.05, 0) is 0 Å². The molecule has 0 bridgehead atoms. The molecule has 0 saturated carbocycles. The number of amides is 3. The summed E-state index contributed by atoms with van der Waals surface area (Å²) in [4.78, 5) is 36.6. The van der Waals surface area contributed by atoms with Crippen LogP contribution in [0.25, 0.3) is 0 Å². The summed E-state index contributed by atoms with van der Waals surface area (Å²) in [5, 5.41) is 83.9. The van der Waals surface area contributed by atoms with Gasteiger partial charge in [0, 0.05) is 13.1 Å². The van der Waals surface area contributed by atoms with Crippen LogP contribution in [-0.2, 0) is 33.3 Å². The number of ether oxygens (including phenoxy) is 4. The number of carbonyl (C=O) groups is 3. The van der Waals surface area contributed by atoms with Gasteiger partial charge in [0.15, 0.2) is 12.6 Å². The van der Waals surface area contributed by atoms with E-state index in [4.69, 9.17) is 29.8 Å². The van der Waals surface area contributed by atoms with Crippen molar-refractivity contribution in [1.29, 1.82) is 0 Å². The molecule has 0 aliphatic carbocycles. The molecule has 2 heterocycles. The lowest BCUT2D eigenvalue weighted by Gasteiger charge is -2.45. The molecule has 3 amide bonds. The van der Waals surface area contributed by atoms with Gasteiger partial charge in [0.2, 0.25) is 17.7 Å². The Bertz CT molecular complexity index is 839. The van der Waals surface area contributed by atoms with Crippen LogP contribution in [0.2, 0.25) is 0 Å². The fourth-order valence-electron chi connectivity index (χ4n) is 4.15. The summed E-state index contributed by atoms with van der Waals surface area (Å²) in [6.45, 7) is -3.29. The summed E-state index contributed by atoms with van der Waals surface area (Å²) in [7, 11) is 0. The van der Waals surface area contributed by atoms with Gasteiger partial charge in [0.25, 0.3) is 0 Å². The average Bonchev–Trinajstić information content (AvgIpc) is 2.92. The van der Waals surface area contributed by atoms with Crippen molar-refractivity contribution in [2.24, 2.45) is 5.73 Å². The van der Waals surface area contributed by atoms with Gasteiger partial charge in [-0.15, -0.1) is 0 Å². The molecule has 0 radical (unpaired) electrons. The van der Waals surface area contributed by atoms with Gasteiger partial charge in [-0.1, -0.05) is 0 Å². The van der Waals surface area contributed by atoms with Gasteiger partial charge in [-0.3, -0.25) is 19.3 Å². The standard InChI is InChI=1S/C22H40N4O15/c23-12(30)5-26(6-13(31)24-1-3-27)7-14(32)25-2-4-38-21-19(37)20(16(34)11(9-29)39-21)41-22-18(36)17(35)15(33)10(8-28)40-22/h10-11,15-22,27-29,33-37H,1-9H2,(H2,23,30)(H,24,31)(H,25,32)/t10-,11-,15-,16-,17+,18+,19+,20+,21+,22-/m1/s1. The van der Waals surface area contributed by atoms with Crippen LogP contribution in [0.3, 0.4) is 0 Å². The molecule has 19 nitrogen and oxygen atoms in total. The molecule has 12 N–H and O–H groups in total. The summed E-state index contributed by atoms with van der Waals surface area (Å²) in [5.41, 5.74) is 5.16. The maximum atomic E-state index is 12.3. The average molecular weight is 601 g/mol. The fourth-order valence-corrected chi connectivity index (χ4v) is 4.15. The lowest BCUT2D eigenvalue weighted by Crippen LogP contribution is -2.64. The Morgan fingerprint density at radius 2 is 1.29 bits per heavy atom. The number of rotatable bonds is 16. The molecule has 2 saturated heterocycles. The van der Waals surface area contributed by atoms with Crippen molar-refractivity contribution < 1.29 is 74.2 Å². The van der Waals surface area contributed by atoms with E-state index >= 15 is 0 Å². The summed E-state index contributed by atoms with van der Waals surface area (Å²) < 4.78 is 21.5. The topological polar surface area (TPSA) is 303 Å². The van der Waals surface area contributed by atoms with Gasteiger partial charge in [0.1, 0.15) is 48.8 Å². The third-order valence-electron chi connectivity index (χ3n) is 6.22. The van der Waals surface area contributed by atoms with Crippen LogP contribution in [0.1, 0.15) is 0 Å². The maximum Gasteiger partial charge on any atom is 0.234 e. The molecule has 0 aromatic rings. The number of nitrogens with two attached hydrogens (primary N) is 1. The summed E-state index contributed by atoms with van der Waals surface area (Å²) in [5.74, 6) is -1.93. The highest BCUT2D eigenvalue weighted by atomic mass is 16.7. The third-order valence-corrected chi connectivity index (χ3v) is 6.22. The lowest BCUT2D eigenvalue weighted by atomic mass is 9.97. The highest BCUT2D eigenvalue weighted by Crippen LogP contribution is 2.29. The van der Waals surface area contributed by atoms with Crippen LogP contribution in [0.5, 0.6) is 0 Å². The lowest BCUT2D eigenvalue weighted by molar-refractivity contribution is -0.360. The van der Waals surface area contributed by atoms with E-state index in [1.807, 2.05) is 0 Å². The zero-order chi connectivity index (χ0) is 30.7. The molecule has 41 heavy (non-hydrogen) atoms. The first-order chi connectivity index (χ1) is 19.4. The summed E-state index contributed by atoms with van der Waals surface area (Å²) in [6, 6.07) is 0. The van der Waals surface area contributed by atoms with Crippen LogP contribution >= 0.6 is 0 Å². The van der Waals surface area contributed by atoms with E-state index in [0.717, 1.165) is 0 Å². The van der Waals surface area contributed by atoms with E-state index in [2.05, 4.69) is 10.6 Å². The number of hydrogen-bond donors (Lipinski definition) is 11. The summed E-state index contributed by atoms with van der Waals surface area (Å²) in [6.07, 6.45) is -16.1. The van der Waals surface area contributed by atoms with Crippen LogP contribution in [0, 0.1) is 0 Å². The molecule has 0 aromatic carbocycles. The quantitative estimate of drug-likeness (QED) is 0.0733. The first-order valence-electron chi connectivity index (χ1n) is 12.8. The zero-order valence-corrected chi connectivity index (χ0v) is 22.1. The molecule has 0 aromatic heterocycles. The summed E-state index contributed by atoms with van der Waals surface area (Å²) >= 11 is 0. The fraction of sp³-hybridized carbons (Fsp3) is 0.864. The Labute approximate surface area is 234 Å². The van der Waals surface area contributed by atoms with Crippen molar-refractivity contribution in [3.05, 3.63) is 0 Å². The van der Waals surface area contributed by atoms with Gasteiger partial charge < -0.3 is 76.2 Å². The molecule has 2 rings (SSSR count). The molecular weight excluding hydrogens is 560 g/mol. The van der Waals surface area contributed by atoms with E-state index < -0.39 is 92.3 Å². The number of aliphatic hydroxyl groups excluding tert-OH is 8. The minimum Gasteiger partial charge on any atom is -0.395 e. The molecule has 2 fully saturated rings. The number of carbonyl (C=O) groups excluding carboxylic acids is 3. The van der Waals surface area contributed by atoms with E-state index in [1.165, 1.54) is 4.90 Å². The van der Waals surface area contributed by atoms with E-state index in [0.29, 0.717) is 0 Å². The number of nitrogens with zero attached hydrogens (tertiary/aromatic N) is 1. The SMILES string of the molecule is NC(=O)CN(CC(=O)NCCO)CC(=O)NCCO[C@H]1O[C@H](CO)[C@@H](O)[C@H](O[C@H]2O[C@H](CO)[C@@H](O)[C@H](O)[C@@H]2O)[C@@H]1O. The molecule has 10 atom stereocenters. The number of primary amides is 1. The molecule has 19 heteroatoms. The van der Waals surface area contributed by atoms with E-state index in [1.54, 1.807) is 0 Å².